The largest absolute Gasteiger partial charge is 0.464 e. The van der Waals surface area contributed by atoms with E-state index in [1.54, 1.807) is 6.92 Å². The third-order valence-corrected chi connectivity index (χ3v) is 1.10. The van der Waals surface area contributed by atoms with E-state index in [2.05, 4.69) is 4.98 Å². The van der Waals surface area contributed by atoms with Gasteiger partial charge >= 0.3 is 11.9 Å². The van der Waals surface area contributed by atoms with Crippen molar-refractivity contribution in [3.8, 4) is 5.95 Å². The van der Waals surface area contributed by atoms with Gasteiger partial charge in [0.05, 0.1) is 6.61 Å². The van der Waals surface area contributed by atoms with Gasteiger partial charge in [-0.05, 0) is 6.92 Å². The third kappa shape index (κ3) is 1.73. The maximum absolute atomic E-state index is 10.8. The molecule has 0 atom stereocenters. The number of hydrogen-bond donors (Lipinski definition) is 2. The van der Waals surface area contributed by atoms with E-state index in [-0.39, 0.29) is 11.8 Å². The summed E-state index contributed by atoms with van der Waals surface area (Å²) in [5.74, 6) is 4.36. The lowest BCUT2D eigenvalue weighted by molar-refractivity contribution is 0.0910. The summed E-state index contributed by atoms with van der Waals surface area (Å²) in [5.41, 5.74) is 1.89. The molecule has 0 aliphatic carbocycles. The van der Waals surface area contributed by atoms with Gasteiger partial charge in [0.25, 0.3) is 5.89 Å². The highest BCUT2D eigenvalue weighted by Gasteiger charge is 2.11. The van der Waals surface area contributed by atoms with Crippen molar-refractivity contribution in [2.45, 2.75) is 6.92 Å². The second-order valence-electron chi connectivity index (χ2n) is 1.89. The highest BCUT2D eigenvalue weighted by Crippen LogP contribution is 2.11. The first-order valence-corrected chi connectivity index (χ1v) is 3.37. The molecule has 1 aromatic rings. The molecule has 0 radical (unpaired) electrons. The minimum absolute atomic E-state index is 0.110. The highest BCUT2D eigenvalue weighted by molar-refractivity contribution is 5.89. The van der Waals surface area contributed by atoms with Crippen LogP contribution < -0.4 is 16.0 Å². The van der Waals surface area contributed by atoms with Crippen LogP contribution in [0.2, 0.25) is 0 Å². The highest BCUT2D eigenvalue weighted by atomic mass is 16.6. The number of carbonyl (C=O) groups excluding carboxylic acids is 1. The van der Waals surface area contributed by atoms with Crippen LogP contribution in [0, 0.1) is 0 Å². The normalized spacial score (nSPS) is 9.50. The first kappa shape index (κ1) is 8.54. The Morgan fingerprint density at radius 1 is 1.92 bits per heavy atom. The number of aromatic nitrogens is 1. The van der Waals surface area contributed by atoms with Crippen molar-refractivity contribution in [1.82, 2.24) is 10.4 Å². The molecule has 66 valence electrons. The van der Waals surface area contributed by atoms with Crippen LogP contribution in [0.5, 0.6) is 5.95 Å². The SMILES string of the molecule is CCOc1cnc(C(=O)NN)o1. The smallest absolute Gasteiger partial charge is 0.321 e. The molecule has 0 saturated carbocycles. The summed E-state index contributed by atoms with van der Waals surface area (Å²) in [6, 6.07) is 0. The number of ether oxygens (including phenoxy) is 1. The summed E-state index contributed by atoms with van der Waals surface area (Å²) in [6.07, 6.45) is 1.31. The Morgan fingerprint density at radius 3 is 3.25 bits per heavy atom. The number of nitrogens with zero attached hydrogens (tertiary/aromatic N) is 1. The monoisotopic (exact) mass is 171 g/mol. The topological polar surface area (TPSA) is 90.4 Å². The van der Waals surface area contributed by atoms with E-state index in [1.165, 1.54) is 6.20 Å². The van der Waals surface area contributed by atoms with Gasteiger partial charge in [-0.15, -0.1) is 0 Å². The molecule has 6 heteroatoms. The number of nitrogens with one attached hydrogen (secondary N) is 1. The molecule has 0 spiro atoms. The molecule has 1 aromatic heterocycles. The quantitative estimate of drug-likeness (QED) is 0.369. The van der Waals surface area contributed by atoms with Crippen molar-refractivity contribution >= 4 is 5.91 Å². The summed E-state index contributed by atoms with van der Waals surface area (Å²) >= 11 is 0. The van der Waals surface area contributed by atoms with Crippen molar-refractivity contribution in [1.29, 1.82) is 0 Å². The fourth-order valence-corrected chi connectivity index (χ4v) is 0.635. The molecule has 0 aliphatic rings. The van der Waals surface area contributed by atoms with Crippen molar-refractivity contribution in [2.75, 3.05) is 6.61 Å². The molecule has 0 aromatic carbocycles. The third-order valence-electron chi connectivity index (χ3n) is 1.10. The molecule has 3 N–H and O–H groups in total. The molecular weight excluding hydrogens is 162 g/mol. The number of rotatable bonds is 3. The summed E-state index contributed by atoms with van der Waals surface area (Å²) in [4.78, 5) is 14.4. The predicted molar refractivity (Wildman–Crippen MR) is 39.3 cm³/mol. The van der Waals surface area contributed by atoms with E-state index in [9.17, 15) is 4.79 Å². The molecule has 0 aliphatic heterocycles. The van der Waals surface area contributed by atoms with Gasteiger partial charge in [0, 0.05) is 0 Å². The van der Waals surface area contributed by atoms with Gasteiger partial charge in [0.15, 0.2) is 0 Å². The number of oxazole rings is 1. The number of hydrogen-bond acceptors (Lipinski definition) is 5. The molecule has 1 heterocycles. The molecule has 1 rings (SSSR count). The second-order valence-corrected chi connectivity index (χ2v) is 1.89. The van der Waals surface area contributed by atoms with Gasteiger partial charge in [-0.1, -0.05) is 0 Å². The predicted octanol–water partition coefficient (Wildman–Crippen LogP) is -0.323. The fourth-order valence-electron chi connectivity index (χ4n) is 0.635. The first-order chi connectivity index (χ1) is 5.77. The van der Waals surface area contributed by atoms with E-state index in [1.807, 2.05) is 5.43 Å². The second kappa shape index (κ2) is 3.72. The Bertz CT molecular complexity index is 271. The number of hydrazine groups is 1. The number of amides is 1. The fraction of sp³-hybridized carbons (Fsp3) is 0.333. The zero-order chi connectivity index (χ0) is 8.97. The lowest BCUT2D eigenvalue weighted by Crippen LogP contribution is -2.30. The summed E-state index contributed by atoms with van der Waals surface area (Å²) in [6.45, 7) is 2.25. The van der Waals surface area contributed by atoms with Crippen molar-refractivity contribution in [2.24, 2.45) is 5.84 Å². The maximum atomic E-state index is 10.8. The zero-order valence-electron chi connectivity index (χ0n) is 6.53. The van der Waals surface area contributed by atoms with Gasteiger partial charge in [-0.3, -0.25) is 10.2 Å². The Morgan fingerprint density at radius 2 is 2.67 bits per heavy atom. The molecule has 0 saturated heterocycles. The van der Waals surface area contributed by atoms with Crippen LogP contribution >= 0.6 is 0 Å². The van der Waals surface area contributed by atoms with Crippen LogP contribution in [-0.2, 0) is 0 Å². The first-order valence-electron chi connectivity index (χ1n) is 3.37. The van der Waals surface area contributed by atoms with E-state index in [0.717, 1.165) is 0 Å². The van der Waals surface area contributed by atoms with Crippen molar-refractivity contribution in [3.05, 3.63) is 12.1 Å². The Hall–Kier alpha value is -1.56. The number of carbonyl (C=O) groups is 1. The average molecular weight is 171 g/mol. The van der Waals surface area contributed by atoms with E-state index in [4.69, 9.17) is 15.0 Å². The Kier molecular flexibility index (Phi) is 2.65. The van der Waals surface area contributed by atoms with Crippen LogP contribution in [0.1, 0.15) is 17.6 Å². The molecule has 1 amide bonds. The molecule has 0 bridgehead atoms. The summed E-state index contributed by atoms with van der Waals surface area (Å²) in [7, 11) is 0. The Labute approximate surface area is 68.7 Å². The Balaban J connectivity index is 2.70. The summed E-state index contributed by atoms with van der Waals surface area (Å²) in [5, 5.41) is 0. The standard InChI is InChI=1S/C6H9N3O3/c1-2-11-4-3-8-6(12-4)5(10)9-7/h3H,2,7H2,1H3,(H,9,10). The van der Waals surface area contributed by atoms with Gasteiger partial charge in [-0.2, -0.15) is 0 Å². The molecule has 6 nitrogen and oxygen atoms in total. The lowest BCUT2D eigenvalue weighted by atomic mass is 10.6. The van der Waals surface area contributed by atoms with Gasteiger partial charge in [0.1, 0.15) is 6.20 Å². The maximum Gasteiger partial charge on any atom is 0.321 e. The molecule has 12 heavy (non-hydrogen) atoms. The molecule has 0 fully saturated rings. The van der Waals surface area contributed by atoms with Gasteiger partial charge in [0.2, 0.25) is 0 Å². The van der Waals surface area contributed by atoms with Gasteiger partial charge in [-0.25, -0.2) is 10.8 Å². The van der Waals surface area contributed by atoms with E-state index >= 15 is 0 Å². The molecule has 0 unspecified atom stereocenters. The minimum Gasteiger partial charge on any atom is -0.464 e. The van der Waals surface area contributed by atoms with E-state index in [0.29, 0.717) is 6.61 Å². The van der Waals surface area contributed by atoms with Crippen LogP contribution in [-0.4, -0.2) is 17.5 Å². The van der Waals surface area contributed by atoms with Crippen LogP contribution in [0.25, 0.3) is 0 Å². The van der Waals surface area contributed by atoms with Crippen molar-refractivity contribution < 1.29 is 13.9 Å². The van der Waals surface area contributed by atoms with Gasteiger partial charge < -0.3 is 9.15 Å². The summed E-state index contributed by atoms with van der Waals surface area (Å²) < 4.78 is 9.78. The molecular formula is C6H9N3O3. The minimum atomic E-state index is -0.582. The van der Waals surface area contributed by atoms with Crippen molar-refractivity contribution in [3.63, 3.8) is 0 Å². The average Bonchev–Trinajstić information content (AvgIpc) is 2.52. The lowest BCUT2D eigenvalue weighted by Gasteiger charge is -1.94. The van der Waals surface area contributed by atoms with Crippen LogP contribution in [0.4, 0.5) is 0 Å². The van der Waals surface area contributed by atoms with Crippen LogP contribution in [0.3, 0.4) is 0 Å². The number of nitrogens with two attached hydrogens (primary N) is 1. The zero-order valence-corrected chi connectivity index (χ0v) is 6.53. The number of nitrogen functional groups attached to an aromatic ring is 1. The van der Waals surface area contributed by atoms with Crippen LogP contribution in [0.15, 0.2) is 10.6 Å². The van der Waals surface area contributed by atoms with E-state index < -0.39 is 5.91 Å².